The van der Waals surface area contributed by atoms with Crippen LogP contribution in [0.15, 0.2) is 41.0 Å². The number of nitrogens with one attached hydrogen (secondary N) is 1. The number of fused-ring (bicyclic) bond motifs is 1. The molecule has 102 valence electrons. The Morgan fingerprint density at radius 3 is 2.90 bits per heavy atom. The molecule has 0 saturated heterocycles. The molecule has 1 aromatic carbocycles. The smallest absolute Gasteiger partial charge is 0.153 e. The monoisotopic (exact) mass is 331 g/mol. The molecule has 0 saturated carbocycles. The summed E-state index contributed by atoms with van der Waals surface area (Å²) in [5.41, 5.74) is 9.37. The molecule has 5 nitrogen and oxygen atoms in total. The van der Waals surface area contributed by atoms with Crippen LogP contribution >= 0.6 is 15.9 Å². The van der Waals surface area contributed by atoms with Gasteiger partial charge in [-0.05, 0) is 42.8 Å². The quantitative estimate of drug-likeness (QED) is 0.774. The summed E-state index contributed by atoms with van der Waals surface area (Å²) in [5, 5.41) is 7.75. The van der Waals surface area contributed by atoms with Crippen molar-refractivity contribution in [1.82, 2.24) is 14.6 Å². The first-order chi connectivity index (χ1) is 9.65. The first-order valence-corrected chi connectivity index (χ1v) is 7.03. The van der Waals surface area contributed by atoms with Crippen molar-refractivity contribution < 1.29 is 0 Å². The van der Waals surface area contributed by atoms with E-state index in [4.69, 9.17) is 5.73 Å². The Kier molecular flexibility index (Phi) is 3.42. The number of imidazole rings is 1. The van der Waals surface area contributed by atoms with Crippen molar-refractivity contribution in [2.24, 2.45) is 5.73 Å². The lowest BCUT2D eigenvalue weighted by Crippen LogP contribution is -1.98. The van der Waals surface area contributed by atoms with E-state index in [9.17, 15) is 0 Å². The minimum absolute atomic E-state index is 0.415. The fourth-order valence-electron chi connectivity index (χ4n) is 1.97. The fourth-order valence-corrected chi connectivity index (χ4v) is 2.21. The summed E-state index contributed by atoms with van der Waals surface area (Å²) in [6.45, 7) is 2.47. The van der Waals surface area contributed by atoms with Crippen molar-refractivity contribution in [2.75, 3.05) is 5.32 Å². The third-order valence-corrected chi connectivity index (χ3v) is 3.90. The summed E-state index contributed by atoms with van der Waals surface area (Å²) in [6.07, 6.45) is 1.84. The van der Waals surface area contributed by atoms with Crippen molar-refractivity contribution in [3.8, 4) is 0 Å². The Morgan fingerprint density at radius 2 is 2.15 bits per heavy atom. The van der Waals surface area contributed by atoms with Crippen LogP contribution in [0.5, 0.6) is 0 Å². The highest BCUT2D eigenvalue weighted by molar-refractivity contribution is 9.10. The summed E-state index contributed by atoms with van der Waals surface area (Å²) >= 11 is 3.49. The van der Waals surface area contributed by atoms with Gasteiger partial charge in [-0.25, -0.2) is 9.50 Å². The van der Waals surface area contributed by atoms with Gasteiger partial charge in [-0.2, -0.15) is 0 Å². The number of hydrogen-bond acceptors (Lipinski definition) is 4. The Labute approximate surface area is 125 Å². The van der Waals surface area contributed by atoms with Crippen molar-refractivity contribution in [2.45, 2.75) is 13.5 Å². The molecule has 0 aliphatic rings. The molecule has 3 N–H and O–H groups in total. The van der Waals surface area contributed by atoms with Crippen molar-refractivity contribution >= 4 is 33.1 Å². The maximum atomic E-state index is 5.58. The maximum absolute atomic E-state index is 5.58. The Hall–Kier alpha value is -1.92. The third-order valence-electron chi connectivity index (χ3n) is 3.01. The molecule has 0 amide bonds. The van der Waals surface area contributed by atoms with Gasteiger partial charge in [-0.1, -0.05) is 15.9 Å². The largest absolute Gasteiger partial charge is 0.339 e. The third kappa shape index (κ3) is 2.52. The number of aryl methyl sites for hydroxylation is 1. The summed E-state index contributed by atoms with van der Waals surface area (Å²) in [5.74, 6) is 0.764. The van der Waals surface area contributed by atoms with Crippen molar-refractivity contribution in [3.05, 3.63) is 52.3 Å². The number of halogens is 1. The fraction of sp³-hybridized carbons (Fsp3) is 0.143. The summed E-state index contributed by atoms with van der Waals surface area (Å²) < 4.78 is 2.82. The van der Waals surface area contributed by atoms with Gasteiger partial charge in [0.25, 0.3) is 0 Å². The van der Waals surface area contributed by atoms with Gasteiger partial charge in [0, 0.05) is 16.7 Å². The number of benzene rings is 1. The van der Waals surface area contributed by atoms with Gasteiger partial charge in [-0.3, -0.25) is 0 Å². The molecule has 0 aliphatic heterocycles. The molecule has 2 heterocycles. The van der Waals surface area contributed by atoms with Gasteiger partial charge < -0.3 is 11.1 Å². The zero-order chi connectivity index (χ0) is 14.1. The molecule has 0 atom stereocenters. The highest BCUT2D eigenvalue weighted by atomic mass is 79.9. The predicted octanol–water partition coefficient (Wildman–Crippen LogP) is 3.00. The molecule has 0 fully saturated rings. The number of anilines is 2. The van der Waals surface area contributed by atoms with E-state index in [0.717, 1.165) is 27.3 Å². The van der Waals surface area contributed by atoms with Crippen LogP contribution in [-0.2, 0) is 6.54 Å². The van der Waals surface area contributed by atoms with E-state index in [1.165, 1.54) is 5.56 Å². The lowest BCUT2D eigenvalue weighted by atomic mass is 10.2. The van der Waals surface area contributed by atoms with Gasteiger partial charge in [0.15, 0.2) is 11.5 Å². The normalized spacial score (nSPS) is 10.9. The highest BCUT2D eigenvalue weighted by Gasteiger charge is 2.03. The SMILES string of the molecule is Cc1cc(Nc2ccc3nc(CN)cn3n2)ccc1Br. The van der Waals surface area contributed by atoms with Crippen LogP contribution in [0.3, 0.4) is 0 Å². The minimum Gasteiger partial charge on any atom is -0.339 e. The Morgan fingerprint density at radius 1 is 1.30 bits per heavy atom. The van der Waals surface area contributed by atoms with Gasteiger partial charge in [0.05, 0.1) is 11.9 Å². The average Bonchev–Trinajstić information content (AvgIpc) is 2.85. The Bertz CT molecular complexity index is 765. The van der Waals surface area contributed by atoms with Gasteiger partial charge in [-0.15, -0.1) is 5.10 Å². The highest BCUT2D eigenvalue weighted by Crippen LogP contribution is 2.22. The first kappa shape index (κ1) is 13.1. The van der Waals surface area contributed by atoms with Gasteiger partial charge in [0.1, 0.15) is 0 Å². The predicted molar refractivity (Wildman–Crippen MR) is 83.0 cm³/mol. The van der Waals surface area contributed by atoms with Crippen molar-refractivity contribution in [3.63, 3.8) is 0 Å². The second kappa shape index (κ2) is 5.22. The van der Waals surface area contributed by atoms with Gasteiger partial charge in [0.2, 0.25) is 0 Å². The molecule has 0 bridgehead atoms. The van der Waals surface area contributed by atoms with Crippen LogP contribution in [0.4, 0.5) is 11.5 Å². The van der Waals surface area contributed by atoms with Crippen LogP contribution in [0, 0.1) is 6.92 Å². The van der Waals surface area contributed by atoms with Crippen LogP contribution < -0.4 is 11.1 Å². The lowest BCUT2D eigenvalue weighted by Gasteiger charge is -2.07. The molecule has 0 aliphatic carbocycles. The molecule has 3 aromatic rings. The molecule has 0 radical (unpaired) electrons. The van der Waals surface area contributed by atoms with Crippen LogP contribution in [-0.4, -0.2) is 14.6 Å². The minimum atomic E-state index is 0.415. The second-order valence-electron chi connectivity index (χ2n) is 4.55. The van der Waals surface area contributed by atoms with E-state index in [1.54, 1.807) is 4.52 Å². The topological polar surface area (TPSA) is 68.2 Å². The van der Waals surface area contributed by atoms with E-state index in [2.05, 4.69) is 44.3 Å². The standard InChI is InChI=1S/C14H14BrN5/c1-9-6-10(2-3-12(9)15)17-13-4-5-14-18-11(7-16)8-20(14)19-13/h2-6,8H,7,16H2,1H3,(H,17,19). The molecule has 0 unspecified atom stereocenters. The van der Waals surface area contributed by atoms with Crippen molar-refractivity contribution in [1.29, 1.82) is 0 Å². The summed E-state index contributed by atoms with van der Waals surface area (Å²) in [6, 6.07) is 9.90. The molecule has 20 heavy (non-hydrogen) atoms. The van der Waals surface area contributed by atoms with Crippen LogP contribution in [0.2, 0.25) is 0 Å². The average molecular weight is 332 g/mol. The van der Waals surface area contributed by atoms with E-state index < -0.39 is 0 Å². The number of rotatable bonds is 3. The molecule has 3 rings (SSSR count). The number of nitrogens with two attached hydrogens (primary N) is 1. The summed E-state index contributed by atoms with van der Waals surface area (Å²) in [7, 11) is 0. The zero-order valence-electron chi connectivity index (χ0n) is 11.0. The van der Waals surface area contributed by atoms with Crippen LogP contribution in [0.25, 0.3) is 5.65 Å². The zero-order valence-corrected chi connectivity index (χ0v) is 12.6. The summed E-state index contributed by atoms with van der Waals surface area (Å²) in [4.78, 5) is 4.35. The first-order valence-electron chi connectivity index (χ1n) is 6.24. The van der Waals surface area contributed by atoms with E-state index in [0.29, 0.717) is 6.54 Å². The van der Waals surface area contributed by atoms with E-state index >= 15 is 0 Å². The van der Waals surface area contributed by atoms with E-state index in [1.807, 2.05) is 30.5 Å². The maximum Gasteiger partial charge on any atom is 0.153 e. The Balaban J connectivity index is 1.91. The number of aromatic nitrogens is 3. The van der Waals surface area contributed by atoms with E-state index in [-0.39, 0.29) is 0 Å². The van der Waals surface area contributed by atoms with Crippen LogP contribution in [0.1, 0.15) is 11.3 Å². The molecule has 0 spiro atoms. The number of nitrogens with zero attached hydrogens (tertiary/aromatic N) is 3. The molecule has 2 aromatic heterocycles. The molecule has 6 heteroatoms. The number of hydrogen-bond donors (Lipinski definition) is 2. The lowest BCUT2D eigenvalue weighted by molar-refractivity contribution is 0.934. The second-order valence-corrected chi connectivity index (χ2v) is 5.40. The molecular weight excluding hydrogens is 318 g/mol. The van der Waals surface area contributed by atoms with Gasteiger partial charge >= 0.3 is 0 Å². The molecular formula is C14H14BrN5.